The molecule has 0 bridgehead atoms. The van der Waals surface area contributed by atoms with Gasteiger partial charge in [-0.3, -0.25) is 9.59 Å². The Morgan fingerprint density at radius 3 is 2.32 bits per heavy atom. The zero-order valence-corrected chi connectivity index (χ0v) is 16.2. The van der Waals surface area contributed by atoms with Crippen LogP contribution in [0.1, 0.15) is 23.6 Å². The third kappa shape index (κ3) is 3.34. The molecule has 1 aliphatic rings. The summed E-state index contributed by atoms with van der Waals surface area (Å²) in [5.41, 5.74) is 4.46. The molecule has 6 heteroatoms. The standard InChI is InChI=1S/C19H15Cl2NO2S/c1-10-4-5-13(8-11(10)2)12(3)17-18(23)22(19(24)25-17)14-6-7-15(20)16(21)9-14/h4-9H,1-3H3/b17-12-. The van der Waals surface area contributed by atoms with Crippen LogP contribution in [0, 0.1) is 13.8 Å². The van der Waals surface area contributed by atoms with E-state index < -0.39 is 0 Å². The van der Waals surface area contributed by atoms with Crippen LogP contribution in [-0.2, 0) is 4.79 Å². The molecule has 0 spiro atoms. The first kappa shape index (κ1) is 18.1. The highest BCUT2D eigenvalue weighted by molar-refractivity contribution is 8.19. The van der Waals surface area contributed by atoms with Gasteiger partial charge < -0.3 is 0 Å². The first-order valence-corrected chi connectivity index (χ1v) is 9.16. The summed E-state index contributed by atoms with van der Waals surface area (Å²) in [5.74, 6) is -0.343. The van der Waals surface area contributed by atoms with Gasteiger partial charge in [-0.15, -0.1) is 0 Å². The highest BCUT2D eigenvalue weighted by atomic mass is 35.5. The van der Waals surface area contributed by atoms with Crippen LogP contribution in [0.4, 0.5) is 10.5 Å². The number of hydrogen-bond acceptors (Lipinski definition) is 3. The van der Waals surface area contributed by atoms with Crippen LogP contribution >= 0.6 is 35.0 Å². The second kappa shape index (κ2) is 6.87. The van der Waals surface area contributed by atoms with E-state index in [0.717, 1.165) is 33.4 Å². The van der Waals surface area contributed by atoms with E-state index in [2.05, 4.69) is 0 Å². The lowest BCUT2D eigenvalue weighted by Gasteiger charge is -2.13. The van der Waals surface area contributed by atoms with E-state index in [1.807, 2.05) is 39.0 Å². The van der Waals surface area contributed by atoms with Gasteiger partial charge in [-0.25, -0.2) is 4.90 Å². The highest BCUT2D eigenvalue weighted by Gasteiger charge is 2.37. The van der Waals surface area contributed by atoms with Crippen LogP contribution in [0.15, 0.2) is 41.3 Å². The molecule has 3 rings (SSSR count). The summed E-state index contributed by atoms with van der Waals surface area (Å²) in [6, 6.07) is 10.7. The summed E-state index contributed by atoms with van der Waals surface area (Å²) >= 11 is 12.9. The van der Waals surface area contributed by atoms with E-state index >= 15 is 0 Å². The van der Waals surface area contributed by atoms with Gasteiger partial charge in [0.15, 0.2) is 0 Å². The van der Waals surface area contributed by atoms with Crippen molar-refractivity contribution < 1.29 is 9.59 Å². The first-order valence-electron chi connectivity index (χ1n) is 7.59. The topological polar surface area (TPSA) is 37.4 Å². The van der Waals surface area contributed by atoms with Gasteiger partial charge in [0, 0.05) is 0 Å². The van der Waals surface area contributed by atoms with Crippen molar-refractivity contribution >= 4 is 57.4 Å². The molecule has 2 amide bonds. The minimum absolute atomic E-state index is 0.299. The Balaban J connectivity index is 2.02. The Kier molecular flexibility index (Phi) is 4.96. The monoisotopic (exact) mass is 391 g/mol. The Morgan fingerprint density at radius 2 is 1.68 bits per heavy atom. The molecule has 0 aromatic heterocycles. The fraction of sp³-hybridized carbons (Fsp3) is 0.158. The van der Waals surface area contributed by atoms with E-state index in [1.54, 1.807) is 12.1 Å². The molecule has 1 fully saturated rings. The number of amides is 2. The molecule has 0 radical (unpaired) electrons. The van der Waals surface area contributed by atoms with Gasteiger partial charge in [-0.2, -0.15) is 0 Å². The molecule has 2 aromatic rings. The number of anilines is 1. The molecule has 0 aliphatic carbocycles. The fourth-order valence-electron chi connectivity index (χ4n) is 2.55. The Morgan fingerprint density at radius 1 is 0.960 bits per heavy atom. The molecular weight excluding hydrogens is 377 g/mol. The number of aryl methyl sites for hydroxylation is 2. The van der Waals surface area contributed by atoms with Crippen molar-refractivity contribution in [1.82, 2.24) is 0 Å². The second-order valence-corrected chi connectivity index (χ2v) is 7.64. The van der Waals surface area contributed by atoms with Gasteiger partial charge in [0.2, 0.25) is 0 Å². The number of carbonyl (C=O) groups excluding carboxylic acids is 2. The molecule has 1 heterocycles. The average molecular weight is 392 g/mol. The van der Waals surface area contributed by atoms with Crippen molar-refractivity contribution in [2.45, 2.75) is 20.8 Å². The Hall–Kier alpha value is -1.75. The van der Waals surface area contributed by atoms with Crippen LogP contribution in [0.2, 0.25) is 10.0 Å². The maximum Gasteiger partial charge on any atom is 0.298 e. The summed E-state index contributed by atoms with van der Waals surface area (Å²) < 4.78 is 0. The number of hydrogen-bond donors (Lipinski definition) is 0. The van der Waals surface area contributed by atoms with E-state index in [4.69, 9.17) is 23.2 Å². The maximum absolute atomic E-state index is 12.8. The Bertz CT molecular complexity index is 937. The van der Waals surface area contributed by atoms with Crippen LogP contribution < -0.4 is 4.90 Å². The summed E-state index contributed by atoms with van der Waals surface area (Å²) in [4.78, 5) is 26.8. The number of imide groups is 1. The molecule has 0 saturated carbocycles. The first-order chi connectivity index (χ1) is 11.8. The number of halogens is 2. The number of nitrogens with zero attached hydrogens (tertiary/aromatic N) is 1. The van der Waals surface area contributed by atoms with E-state index in [-0.39, 0.29) is 11.1 Å². The van der Waals surface area contributed by atoms with E-state index in [1.165, 1.54) is 11.6 Å². The fourth-order valence-corrected chi connectivity index (χ4v) is 3.75. The molecule has 0 unspecified atom stereocenters. The van der Waals surface area contributed by atoms with Gasteiger partial charge >= 0.3 is 0 Å². The minimum Gasteiger partial charge on any atom is -0.268 e. The number of thioether (sulfide) groups is 1. The molecule has 2 aromatic carbocycles. The van der Waals surface area contributed by atoms with E-state index in [0.29, 0.717) is 20.6 Å². The Labute approximate surface area is 160 Å². The smallest absolute Gasteiger partial charge is 0.268 e. The lowest BCUT2D eigenvalue weighted by Crippen LogP contribution is -2.27. The quantitative estimate of drug-likeness (QED) is 0.568. The SMILES string of the molecule is C/C(=C1/SC(=O)N(c2ccc(Cl)c(Cl)c2)C1=O)c1ccc(C)c(C)c1. The number of benzene rings is 2. The molecule has 1 aliphatic heterocycles. The molecule has 1 saturated heterocycles. The van der Waals surface area contributed by atoms with Gasteiger partial charge in [0.25, 0.3) is 11.1 Å². The van der Waals surface area contributed by atoms with Crippen LogP contribution in [-0.4, -0.2) is 11.1 Å². The lowest BCUT2D eigenvalue weighted by molar-refractivity contribution is -0.113. The third-order valence-corrected chi connectivity index (χ3v) is 5.99. The number of carbonyl (C=O) groups is 2. The zero-order chi connectivity index (χ0) is 18.3. The maximum atomic E-state index is 12.8. The van der Waals surface area contributed by atoms with Gasteiger partial charge in [-0.05, 0) is 73.0 Å². The summed E-state index contributed by atoms with van der Waals surface area (Å²) in [6.45, 7) is 5.91. The predicted octanol–water partition coefficient (Wildman–Crippen LogP) is 6.24. The number of allylic oxidation sites excluding steroid dienone is 1. The van der Waals surface area contributed by atoms with Crippen molar-refractivity contribution in [3.05, 3.63) is 68.0 Å². The summed E-state index contributed by atoms with van der Waals surface area (Å²) in [6.07, 6.45) is 0. The van der Waals surface area contributed by atoms with Crippen molar-refractivity contribution in [1.29, 1.82) is 0 Å². The predicted molar refractivity (Wildman–Crippen MR) is 105 cm³/mol. The van der Waals surface area contributed by atoms with Gasteiger partial charge in [-0.1, -0.05) is 41.4 Å². The van der Waals surface area contributed by atoms with Gasteiger partial charge in [0.05, 0.1) is 20.6 Å². The molecule has 128 valence electrons. The van der Waals surface area contributed by atoms with Crippen LogP contribution in [0.5, 0.6) is 0 Å². The van der Waals surface area contributed by atoms with Gasteiger partial charge in [0.1, 0.15) is 0 Å². The normalized spacial score (nSPS) is 16.6. The summed E-state index contributed by atoms with van der Waals surface area (Å²) in [7, 11) is 0. The van der Waals surface area contributed by atoms with Crippen molar-refractivity contribution in [2.75, 3.05) is 4.90 Å². The summed E-state index contributed by atoms with van der Waals surface area (Å²) in [5, 5.41) is 0.328. The highest BCUT2D eigenvalue weighted by Crippen LogP contribution is 2.40. The molecule has 3 nitrogen and oxygen atoms in total. The molecule has 25 heavy (non-hydrogen) atoms. The average Bonchev–Trinajstić information content (AvgIpc) is 2.87. The van der Waals surface area contributed by atoms with E-state index in [9.17, 15) is 9.59 Å². The number of rotatable bonds is 2. The molecule has 0 atom stereocenters. The van der Waals surface area contributed by atoms with Crippen molar-refractivity contribution in [2.24, 2.45) is 0 Å². The minimum atomic E-state index is -0.346. The largest absolute Gasteiger partial charge is 0.298 e. The van der Waals surface area contributed by atoms with Crippen LogP contribution in [0.3, 0.4) is 0 Å². The van der Waals surface area contributed by atoms with Crippen molar-refractivity contribution in [3.63, 3.8) is 0 Å². The molecule has 0 N–H and O–H groups in total. The second-order valence-electron chi connectivity index (χ2n) is 5.86. The lowest BCUT2D eigenvalue weighted by atomic mass is 10.0. The molecular formula is C19H15Cl2NO2S. The zero-order valence-electron chi connectivity index (χ0n) is 13.9. The van der Waals surface area contributed by atoms with Crippen molar-refractivity contribution in [3.8, 4) is 0 Å². The third-order valence-electron chi connectivity index (χ3n) is 4.21. The van der Waals surface area contributed by atoms with Crippen LogP contribution in [0.25, 0.3) is 5.57 Å².